The maximum absolute atomic E-state index is 13.1. The minimum Gasteiger partial charge on any atom is -0.461 e. The van der Waals surface area contributed by atoms with Crippen molar-refractivity contribution in [3.05, 3.63) is 41.7 Å². The maximum Gasteiger partial charge on any atom is 0.308 e. The third kappa shape index (κ3) is 21.5. The number of amides is 6. The molecule has 0 spiro atoms. The highest BCUT2D eigenvalue weighted by Gasteiger charge is 2.38. The largest absolute Gasteiger partial charge is 0.461 e. The van der Waals surface area contributed by atoms with Crippen LogP contribution in [0.2, 0.25) is 0 Å². The summed E-state index contributed by atoms with van der Waals surface area (Å²) < 4.78 is 16.8. The number of benzene rings is 1. The van der Waals surface area contributed by atoms with Gasteiger partial charge >= 0.3 is 5.97 Å². The zero-order valence-electron chi connectivity index (χ0n) is 42.2. The van der Waals surface area contributed by atoms with Gasteiger partial charge in [-0.15, -0.1) is 0 Å². The quantitative estimate of drug-likeness (QED) is 0.0207. The number of unbranched alkanes of at least 4 members (excludes halogenated alkanes) is 1. The highest BCUT2D eigenvalue weighted by Crippen LogP contribution is 2.31. The Balaban J connectivity index is 0.00000782. The van der Waals surface area contributed by atoms with E-state index in [1.54, 1.807) is 51.2 Å². The van der Waals surface area contributed by atoms with Crippen LogP contribution in [-0.2, 0) is 54.4 Å². The SMILES string of the molecule is CC.CC(C)C(=O)OCc1ccc(NC(=O)C(CCCCN)NC(=O)COCC(=O)NCCC(C)(C)OCCC(C)(C)N(N)/C=C(\N)CNC(=O)C2CCC(CN3C(=O)CC(C)C3=O)CC2)cc1. The maximum atomic E-state index is 13.1. The van der Waals surface area contributed by atoms with Gasteiger partial charge < -0.3 is 52.0 Å². The summed E-state index contributed by atoms with van der Waals surface area (Å²) in [7, 11) is 0. The third-order valence-corrected chi connectivity index (χ3v) is 12.0. The van der Waals surface area contributed by atoms with Crippen molar-refractivity contribution in [2.75, 3.05) is 51.3 Å². The van der Waals surface area contributed by atoms with Crippen LogP contribution in [0.3, 0.4) is 0 Å². The first-order valence-electron chi connectivity index (χ1n) is 24.3. The molecular weight excluding hydrogens is 875 g/mol. The molecule has 1 aliphatic heterocycles. The van der Waals surface area contributed by atoms with Gasteiger partial charge in [-0.1, -0.05) is 46.8 Å². The Morgan fingerprint density at radius 2 is 1.57 bits per heavy atom. The van der Waals surface area contributed by atoms with Gasteiger partial charge in [-0.05, 0) is 116 Å². The Morgan fingerprint density at radius 1 is 0.926 bits per heavy atom. The number of likely N-dealkylation sites (tertiary alicyclic amines) is 1. The molecule has 1 heterocycles. The fourth-order valence-corrected chi connectivity index (χ4v) is 7.44. The summed E-state index contributed by atoms with van der Waals surface area (Å²) in [5, 5.41) is 12.7. The molecule has 2 atom stereocenters. The molecule has 0 bridgehead atoms. The average molecular weight is 958 g/mol. The van der Waals surface area contributed by atoms with Gasteiger partial charge in [0.05, 0.1) is 23.6 Å². The Labute approximate surface area is 404 Å². The standard InChI is InChI=1S/C47H77N9O10.C2H6/c1-31(2)45(63)65-28-34-13-17-37(18-14-34)53-43(61)38(10-8-9-21-48)54-40(58)30-64-29-39(57)51-22-19-47(6,7)66-23-20-46(4,5)56(50)27-36(49)25-52-42(60)35-15-11-33(12-16-35)26-55-41(59)24-32(3)44(55)62;1-2/h13-14,17-18,27,31-33,35,38H,8-12,15-16,19-26,28-30,48-50H2,1-7H3,(H,51,57)(H,52,60)(H,53,61)(H,54,58);1-2H3/b36-27-;. The number of carbonyl (C=O) groups excluding carboxylic acids is 7. The molecular formula is C49H83N9O10. The zero-order valence-corrected chi connectivity index (χ0v) is 42.2. The van der Waals surface area contributed by atoms with Crippen molar-refractivity contribution >= 4 is 47.1 Å². The van der Waals surface area contributed by atoms with Gasteiger partial charge in [0.15, 0.2) is 0 Å². The van der Waals surface area contributed by atoms with Crippen molar-refractivity contribution < 1.29 is 47.8 Å². The summed E-state index contributed by atoms with van der Waals surface area (Å²) in [4.78, 5) is 89.0. The highest BCUT2D eigenvalue weighted by molar-refractivity contribution is 6.03. The molecule has 3 rings (SSSR count). The van der Waals surface area contributed by atoms with Crippen molar-refractivity contribution in [3.8, 4) is 0 Å². The lowest BCUT2D eigenvalue weighted by Gasteiger charge is -2.36. The van der Waals surface area contributed by atoms with Gasteiger partial charge in [-0.25, -0.2) is 5.84 Å². The third-order valence-electron chi connectivity index (χ3n) is 12.0. The van der Waals surface area contributed by atoms with Crippen molar-refractivity contribution in [1.82, 2.24) is 25.9 Å². The summed E-state index contributed by atoms with van der Waals surface area (Å²) in [6.07, 6.45) is 7.46. The predicted molar refractivity (Wildman–Crippen MR) is 260 cm³/mol. The molecule has 10 N–H and O–H groups in total. The number of nitrogens with two attached hydrogens (primary N) is 3. The molecule has 1 aliphatic carbocycles. The van der Waals surface area contributed by atoms with Crippen LogP contribution < -0.4 is 38.6 Å². The van der Waals surface area contributed by atoms with Crippen LogP contribution in [0.4, 0.5) is 5.69 Å². The van der Waals surface area contributed by atoms with E-state index in [1.807, 2.05) is 41.5 Å². The van der Waals surface area contributed by atoms with Crippen LogP contribution in [-0.4, -0.2) is 115 Å². The van der Waals surface area contributed by atoms with E-state index in [2.05, 4.69) is 21.3 Å². The Bertz CT molecular complexity index is 1810. The number of anilines is 1. The molecule has 19 heteroatoms. The molecule has 2 fully saturated rings. The van der Waals surface area contributed by atoms with Crippen LogP contribution in [0.5, 0.6) is 0 Å². The van der Waals surface area contributed by atoms with E-state index in [1.165, 1.54) is 9.91 Å². The molecule has 68 heavy (non-hydrogen) atoms. The van der Waals surface area contributed by atoms with E-state index in [-0.39, 0.29) is 73.5 Å². The molecule has 2 unspecified atom stereocenters. The van der Waals surface area contributed by atoms with E-state index in [4.69, 9.17) is 31.5 Å². The summed E-state index contributed by atoms with van der Waals surface area (Å²) in [5.41, 5.74) is 12.4. The summed E-state index contributed by atoms with van der Waals surface area (Å²) in [5.74, 6) is 3.98. The fourth-order valence-electron chi connectivity index (χ4n) is 7.44. The monoisotopic (exact) mass is 958 g/mol. The Morgan fingerprint density at radius 3 is 2.18 bits per heavy atom. The fraction of sp³-hybridized carbons (Fsp3) is 0.694. The lowest BCUT2D eigenvalue weighted by atomic mass is 9.81. The first-order valence-corrected chi connectivity index (χ1v) is 24.3. The number of carbonyl (C=O) groups is 7. The predicted octanol–water partition coefficient (Wildman–Crippen LogP) is 3.74. The Kier molecular flexibility index (Phi) is 25.8. The lowest BCUT2D eigenvalue weighted by molar-refractivity contribution is -0.148. The number of hydrogen-bond acceptors (Lipinski definition) is 14. The molecule has 0 aromatic heterocycles. The van der Waals surface area contributed by atoms with Crippen molar-refractivity contribution in [1.29, 1.82) is 0 Å². The zero-order chi connectivity index (χ0) is 51.0. The topological polar surface area (TPSA) is 280 Å². The number of rotatable bonds is 28. The second kappa shape index (κ2) is 29.7. The molecule has 6 amide bonds. The van der Waals surface area contributed by atoms with Gasteiger partial charge in [0.25, 0.3) is 0 Å². The van der Waals surface area contributed by atoms with E-state index in [9.17, 15) is 33.6 Å². The van der Waals surface area contributed by atoms with E-state index < -0.39 is 41.5 Å². The van der Waals surface area contributed by atoms with E-state index in [0.29, 0.717) is 82.6 Å². The van der Waals surface area contributed by atoms with Crippen LogP contribution in [0, 0.1) is 23.7 Å². The van der Waals surface area contributed by atoms with Gasteiger partial charge in [0, 0.05) is 55.5 Å². The second-order valence-electron chi connectivity index (χ2n) is 19.1. The summed E-state index contributed by atoms with van der Waals surface area (Å²) in [6.45, 7) is 18.0. The molecule has 1 aromatic rings. The van der Waals surface area contributed by atoms with Crippen molar-refractivity contribution in [2.24, 2.45) is 41.0 Å². The molecule has 1 aromatic carbocycles. The lowest BCUT2D eigenvalue weighted by Crippen LogP contribution is -2.47. The minimum atomic E-state index is -0.856. The van der Waals surface area contributed by atoms with Crippen LogP contribution in [0.25, 0.3) is 0 Å². The number of nitrogens with zero attached hydrogens (tertiary/aromatic N) is 2. The molecule has 0 radical (unpaired) electrons. The normalized spacial score (nSPS) is 18.0. The van der Waals surface area contributed by atoms with Gasteiger partial charge in [-0.2, -0.15) is 0 Å². The highest BCUT2D eigenvalue weighted by atomic mass is 16.5. The molecule has 1 saturated carbocycles. The number of esters is 1. The average Bonchev–Trinajstić information content (AvgIpc) is 3.53. The van der Waals surface area contributed by atoms with Crippen LogP contribution in [0.15, 0.2) is 36.2 Å². The van der Waals surface area contributed by atoms with Crippen LogP contribution in [0.1, 0.15) is 132 Å². The first-order chi connectivity index (χ1) is 32.1. The molecule has 2 aliphatic rings. The summed E-state index contributed by atoms with van der Waals surface area (Å²) in [6, 6.07) is 6.00. The van der Waals surface area contributed by atoms with Crippen LogP contribution >= 0.6 is 0 Å². The van der Waals surface area contributed by atoms with Crippen molar-refractivity contribution in [3.63, 3.8) is 0 Å². The molecule has 384 valence electrons. The number of ether oxygens (including phenoxy) is 3. The van der Waals surface area contributed by atoms with Crippen molar-refractivity contribution in [2.45, 2.75) is 150 Å². The number of nitrogens with one attached hydrogen (secondary N) is 4. The van der Waals surface area contributed by atoms with Gasteiger partial charge in [0.1, 0.15) is 25.9 Å². The smallest absolute Gasteiger partial charge is 0.308 e. The van der Waals surface area contributed by atoms with Gasteiger partial charge in [0.2, 0.25) is 35.4 Å². The number of imide groups is 1. The molecule has 19 nitrogen and oxygen atoms in total. The van der Waals surface area contributed by atoms with E-state index >= 15 is 0 Å². The minimum absolute atomic E-state index is 0.0798. The number of hydrazine groups is 1. The number of hydrogen-bond donors (Lipinski definition) is 7. The molecule has 1 saturated heterocycles. The van der Waals surface area contributed by atoms with E-state index in [0.717, 1.165) is 18.4 Å². The second-order valence-corrected chi connectivity index (χ2v) is 19.1. The first kappa shape index (κ1) is 59.0. The van der Waals surface area contributed by atoms with Gasteiger partial charge in [-0.3, -0.25) is 38.5 Å². The Hall–Kier alpha value is -5.11. The summed E-state index contributed by atoms with van der Waals surface area (Å²) >= 11 is 0.